The van der Waals surface area contributed by atoms with Gasteiger partial charge in [0.25, 0.3) is 0 Å². The van der Waals surface area contributed by atoms with E-state index >= 15 is 0 Å². The van der Waals surface area contributed by atoms with Crippen LogP contribution in [0.5, 0.6) is 0 Å². The van der Waals surface area contributed by atoms with E-state index in [4.69, 9.17) is 5.11 Å². The summed E-state index contributed by atoms with van der Waals surface area (Å²) in [7, 11) is 0. The lowest BCUT2D eigenvalue weighted by atomic mass is 9.84. The standard InChI is InChI=1S/C21H30FN3O3/c1-14(13-25-10-9-16-12-17(22)7-8-19(16)25)23-20(26)18(24-21(27)28)11-15-5-3-2-4-6-15/h7-8,12,14-15,18,24H,2-6,9-11,13H2,1H3,(H,23,26)(H,27,28)/t14-,18-/m0/s1. The van der Waals surface area contributed by atoms with Crippen molar-refractivity contribution in [1.82, 2.24) is 10.6 Å². The van der Waals surface area contributed by atoms with Crippen LogP contribution in [0, 0.1) is 11.7 Å². The summed E-state index contributed by atoms with van der Waals surface area (Å²) in [6, 6.07) is 3.94. The third-order valence-corrected chi connectivity index (χ3v) is 5.82. The first-order chi connectivity index (χ1) is 13.4. The minimum atomic E-state index is -1.17. The summed E-state index contributed by atoms with van der Waals surface area (Å²) >= 11 is 0. The molecule has 3 rings (SSSR count). The molecule has 0 aromatic heterocycles. The molecule has 7 heteroatoms. The highest BCUT2D eigenvalue weighted by atomic mass is 19.1. The molecule has 0 bridgehead atoms. The molecule has 6 nitrogen and oxygen atoms in total. The molecule has 1 saturated carbocycles. The van der Waals surface area contributed by atoms with Crippen molar-refractivity contribution < 1.29 is 19.1 Å². The van der Waals surface area contributed by atoms with Gasteiger partial charge >= 0.3 is 6.09 Å². The Morgan fingerprint density at radius 1 is 1.25 bits per heavy atom. The van der Waals surface area contributed by atoms with E-state index in [0.29, 0.717) is 18.9 Å². The zero-order valence-corrected chi connectivity index (χ0v) is 16.4. The van der Waals surface area contributed by atoms with Gasteiger partial charge in [0.2, 0.25) is 5.91 Å². The van der Waals surface area contributed by atoms with E-state index in [-0.39, 0.29) is 17.8 Å². The number of hydrogen-bond donors (Lipinski definition) is 3. The van der Waals surface area contributed by atoms with Crippen molar-refractivity contribution in [3.05, 3.63) is 29.6 Å². The van der Waals surface area contributed by atoms with Crippen LogP contribution >= 0.6 is 0 Å². The summed E-state index contributed by atoms with van der Waals surface area (Å²) in [6.07, 6.45) is 5.81. The first-order valence-electron chi connectivity index (χ1n) is 10.3. The highest BCUT2D eigenvalue weighted by Crippen LogP contribution is 2.29. The highest BCUT2D eigenvalue weighted by molar-refractivity contribution is 5.85. The Balaban J connectivity index is 1.56. The lowest BCUT2D eigenvalue weighted by Gasteiger charge is -2.28. The van der Waals surface area contributed by atoms with Crippen LogP contribution in [-0.2, 0) is 11.2 Å². The van der Waals surface area contributed by atoms with Crippen LogP contribution in [-0.4, -0.2) is 42.3 Å². The van der Waals surface area contributed by atoms with Crippen LogP contribution < -0.4 is 15.5 Å². The molecule has 0 spiro atoms. The molecule has 2 atom stereocenters. The minimum absolute atomic E-state index is 0.145. The maximum Gasteiger partial charge on any atom is 0.405 e. The number of nitrogens with zero attached hydrogens (tertiary/aromatic N) is 1. The molecule has 1 aliphatic heterocycles. The van der Waals surface area contributed by atoms with Crippen LogP contribution in [0.25, 0.3) is 0 Å². The highest BCUT2D eigenvalue weighted by Gasteiger charge is 2.28. The fourth-order valence-corrected chi connectivity index (χ4v) is 4.48. The van der Waals surface area contributed by atoms with Gasteiger partial charge in [0.1, 0.15) is 11.9 Å². The van der Waals surface area contributed by atoms with Crippen molar-refractivity contribution in [2.75, 3.05) is 18.0 Å². The van der Waals surface area contributed by atoms with E-state index in [0.717, 1.165) is 49.9 Å². The van der Waals surface area contributed by atoms with Crippen LogP contribution in [0.15, 0.2) is 18.2 Å². The van der Waals surface area contributed by atoms with Gasteiger partial charge in [-0.05, 0) is 49.4 Å². The summed E-state index contributed by atoms with van der Waals surface area (Å²) < 4.78 is 13.4. The Bertz CT molecular complexity index is 706. The molecular formula is C21H30FN3O3. The quantitative estimate of drug-likeness (QED) is 0.666. The lowest BCUT2D eigenvalue weighted by Crippen LogP contribution is -2.51. The van der Waals surface area contributed by atoms with Gasteiger partial charge in [-0.1, -0.05) is 32.1 Å². The van der Waals surface area contributed by atoms with Crippen LogP contribution in [0.4, 0.5) is 14.9 Å². The zero-order chi connectivity index (χ0) is 20.1. The number of halogens is 1. The Kier molecular flexibility index (Phi) is 6.75. The van der Waals surface area contributed by atoms with E-state index < -0.39 is 12.1 Å². The summed E-state index contributed by atoms with van der Waals surface area (Å²) in [5.74, 6) is -0.0988. The van der Waals surface area contributed by atoms with E-state index in [9.17, 15) is 14.0 Å². The molecule has 1 aromatic rings. The lowest BCUT2D eigenvalue weighted by molar-refractivity contribution is -0.124. The van der Waals surface area contributed by atoms with Crippen molar-refractivity contribution in [2.45, 2.75) is 64.0 Å². The van der Waals surface area contributed by atoms with Crippen molar-refractivity contribution in [3.8, 4) is 0 Å². The molecule has 0 saturated heterocycles. The number of fused-ring (bicyclic) bond motifs is 1. The van der Waals surface area contributed by atoms with Crippen LogP contribution in [0.2, 0.25) is 0 Å². The van der Waals surface area contributed by atoms with Gasteiger partial charge in [-0.2, -0.15) is 0 Å². The second-order valence-electron chi connectivity index (χ2n) is 8.12. The third-order valence-electron chi connectivity index (χ3n) is 5.82. The van der Waals surface area contributed by atoms with E-state index in [1.54, 1.807) is 12.1 Å². The molecule has 28 heavy (non-hydrogen) atoms. The van der Waals surface area contributed by atoms with Gasteiger partial charge in [-0.15, -0.1) is 0 Å². The number of rotatable bonds is 7. The molecule has 0 unspecified atom stereocenters. The first kappa shape index (κ1) is 20.4. The molecule has 154 valence electrons. The SMILES string of the molecule is C[C@@H](CN1CCc2cc(F)ccc21)NC(=O)[C@H](CC1CCCCC1)NC(=O)O. The van der Waals surface area contributed by atoms with Gasteiger partial charge in [0.15, 0.2) is 0 Å². The molecule has 1 aromatic carbocycles. The molecule has 1 fully saturated rings. The molecular weight excluding hydrogens is 361 g/mol. The Morgan fingerprint density at radius 3 is 2.71 bits per heavy atom. The number of amides is 2. The fourth-order valence-electron chi connectivity index (χ4n) is 4.48. The van der Waals surface area contributed by atoms with Gasteiger partial charge in [-0.25, -0.2) is 9.18 Å². The largest absolute Gasteiger partial charge is 0.465 e. The summed E-state index contributed by atoms with van der Waals surface area (Å²) in [6.45, 7) is 3.31. The normalized spacial score (nSPS) is 19.0. The predicted octanol–water partition coefficient (Wildman–Crippen LogP) is 3.30. The maximum absolute atomic E-state index is 13.4. The minimum Gasteiger partial charge on any atom is -0.465 e. The predicted molar refractivity (Wildman–Crippen MR) is 106 cm³/mol. The number of carboxylic acid groups (broad SMARTS) is 1. The molecule has 3 N–H and O–H groups in total. The van der Waals surface area contributed by atoms with Gasteiger partial charge in [0, 0.05) is 24.8 Å². The Hall–Kier alpha value is -2.31. The van der Waals surface area contributed by atoms with Crippen molar-refractivity contribution >= 4 is 17.7 Å². The summed E-state index contributed by atoms with van der Waals surface area (Å²) in [5, 5.41) is 14.5. The van der Waals surface area contributed by atoms with Gasteiger partial charge in [0.05, 0.1) is 0 Å². The van der Waals surface area contributed by atoms with E-state index in [1.807, 2.05) is 6.92 Å². The van der Waals surface area contributed by atoms with Gasteiger partial charge in [-0.3, -0.25) is 4.79 Å². The van der Waals surface area contributed by atoms with Crippen LogP contribution in [0.3, 0.4) is 0 Å². The number of hydrogen-bond acceptors (Lipinski definition) is 3. The molecule has 1 heterocycles. The number of carbonyl (C=O) groups is 2. The molecule has 2 amide bonds. The maximum atomic E-state index is 13.4. The summed E-state index contributed by atoms with van der Waals surface area (Å²) in [4.78, 5) is 26.0. The third kappa shape index (κ3) is 5.36. The van der Waals surface area contributed by atoms with Crippen molar-refractivity contribution in [3.63, 3.8) is 0 Å². The number of nitrogens with one attached hydrogen (secondary N) is 2. The van der Waals surface area contributed by atoms with Gasteiger partial charge < -0.3 is 20.6 Å². The first-order valence-corrected chi connectivity index (χ1v) is 10.3. The second kappa shape index (κ2) is 9.26. The van der Waals surface area contributed by atoms with Crippen molar-refractivity contribution in [1.29, 1.82) is 0 Å². The Morgan fingerprint density at radius 2 is 2.00 bits per heavy atom. The molecule has 2 aliphatic rings. The number of benzene rings is 1. The second-order valence-corrected chi connectivity index (χ2v) is 8.12. The van der Waals surface area contributed by atoms with E-state index in [1.165, 1.54) is 12.5 Å². The number of anilines is 1. The Labute approximate surface area is 165 Å². The van der Waals surface area contributed by atoms with Crippen molar-refractivity contribution in [2.24, 2.45) is 5.92 Å². The summed E-state index contributed by atoms with van der Waals surface area (Å²) in [5.41, 5.74) is 1.99. The van der Waals surface area contributed by atoms with E-state index in [2.05, 4.69) is 15.5 Å². The average molecular weight is 391 g/mol. The topological polar surface area (TPSA) is 81.7 Å². The zero-order valence-electron chi connectivity index (χ0n) is 16.4. The smallest absolute Gasteiger partial charge is 0.405 e. The molecule has 0 radical (unpaired) electrons. The fraction of sp³-hybridized carbons (Fsp3) is 0.619. The molecule has 1 aliphatic carbocycles. The van der Waals surface area contributed by atoms with Crippen LogP contribution in [0.1, 0.15) is 51.0 Å². The monoisotopic (exact) mass is 391 g/mol. The average Bonchev–Trinajstić information content (AvgIpc) is 3.03. The number of carbonyl (C=O) groups excluding carboxylic acids is 1.